The molecule has 3 heteroatoms. The molecule has 1 saturated carbocycles. The third-order valence-electron chi connectivity index (χ3n) is 2.94. The van der Waals surface area contributed by atoms with E-state index in [2.05, 4.69) is 5.32 Å². The van der Waals surface area contributed by atoms with Crippen LogP contribution in [-0.4, -0.2) is 6.41 Å². The summed E-state index contributed by atoms with van der Waals surface area (Å²) < 4.78 is 12.7. The van der Waals surface area contributed by atoms with Gasteiger partial charge in [0.2, 0.25) is 6.41 Å². The summed E-state index contributed by atoms with van der Waals surface area (Å²) >= 11 is 0. The van der Waals surface area contributed by atoms with Crippen LogP contribution in [0.1, 0.15) is 24.8 Å². The number of nitrogens with one attached hydrogen (secondary N) is 1. The zero-order valence-electron chi connectivity index (χ0n) is 7.79. The molecule has 1 aliphatic carbocycles. The number of benzene rings is 1. The Labute approximate surface area is 82.1 Å². The molecule has 0 atom stereocenters. The van der Waals surface area contributed by atoms with Crippen LogP contribution in [0, 0.1) is 5.82 Å². The fourth-order valence-corrected chi connectivity index (χ4v) is 1.93. The number of hydrogen-bond acceptors (Lipinski definition) is 1. The Morgan fingerprint density at radius 1 is 1.29 bits per heavy atom. The van der Waals surface area contributed by atoms with Gasteiger partial charge in [-0.25, -0.2) is 4.39 Å². The summed E-state index contributed by atoms with van der Waals surface area (Å²) in [6.45, 7) is 0. The standard InChI is InChI=1S/C11H12FNO/c12-10-4-2-9(3-5-10)11(13-8-14)6-1-7-11/h2-5,8H,1,6-7H2,(H,13,14). The summed E-state index contributed by atoms with van der Waals surface area (Å²) in [4.78, 5) is 10.5. The maximum atomic E-state index is 12.7. The predicted molar refractivity (Wildman–Crippen MR) is 51.1 cm³/mol. The Morgan fingerprint density at radius 2 is 1.93 bits per heavy atom. The first-order valence-electron chi connectivity index (χ1n) is 4.74. The van der Waals surface area contributed by atoms with Crippen molar-refractivity contribution < 1.29 is 9.18 Å². The third kappa shape index (κ3) is 1.39. The van der Waals surface area contributed by atoms with Gasteiger partial charge < -0.3 is 5.32 Å². The second-order valence-corrected chi connectivity index (χ2v) is 3.70. The zero-order chi connectivity index (χ0) is 10.0. The van der Waals surface area contributed by atoms with Crippen molar-refractivity contribution in [1.29, 1.82) is 0 Å². The van der Waals surface area contributed by atoms with Crippen molar-refractivity contribution >= 4 is 6.41 Å². The Bertz CT molecular complexity index is 330. The van der Waals surface area contributed by atoms with Crippen LogP contribution in [0.15, 0.2) is 24.3 Å². The van der Waals surface area contributed by atoms with Crippen LogP contribution < -0.4 is 5.32 Å². The van der Waals surface area contributed by atoms with E-state index in [0.717, 1.165) is 31.2 Å². The van der Waals surface area contributed by atoms with Gasteiger partial charge in [0.15, 0.2) is 0 Å². The number of halogens is 1. The lowest BCUT2D eigenvalue weighted by Crippen LogP contribution is -2.47. The Hall–Kier alpha value is -1.38. The SMILES string of the molecule is O=CNC1(c2ccc(F)cc2)CCC1. The summed E-state index contributed by atoms with van der Waals surface area (Å²) in [7, 11) is 0. The van der Waals surface area contributed by atoms with Gasteiger partial charge in [-0.15, -0.1) is 0 Å². The molecule has 0 saturated heterocycles. The van der Waals surface area contributed by atoms with E-state index in [4.69, 9.17) is 0 Å². The van der Waals surface area contributed by atoms with Crippen molar-refractivity contribution in [2.75, 3.05) is 0 Å². The van der Waals surface area contributed by atoms with E-state index < -0.39 is 0 Å². The molecular weight excluding hydrogens is 181 g/mol. The Morgan fingerprint density at radius 3 is 2.36 bits per heavy atom. The smallest absolute Gasteiger partial charge is 0.207 e. The maximum absolute atomic E-state index is 12.7. The van der Waals surface area contributed by atoms with Crippen LogP contribution in [0.25, 0.3) is 0 Å². The van der Waals surface area contributed by atoms with Crippen LogP contribution >= 0.6 is 0 Å². The number of hydrogen-bond donors (Lipinski definition) is 1. The van der Waals surface area contributed by atoms with Crippen molar-refractivity contribution in [1.82, 2.24) is 5.32 Å². The van der Waals surface area contributed by atoms with Crippen molar-refractivity contribution in [3.63, 3.8) is 0 Å². The number of carbonyl (C=O) groups is 1. The minimum Gasteiger partial charge on any atom is -0.349 e. The molecule has 1 aromatic rings. The first-order valence-corrected chi connectivity index (χ1v) is 4.74. The zero-order valence-corrected chi connectivity index (χ0v) is 7.79. The van der Waals surface area contributed by atoms with Crippen molar-refractivity contribution in [3.05, 3.63) is 35.6 Å². The normalized spacial score (nSPS) is 18.4. The lowest BCUT2D eigenvalue weighted by molar-refractivity contribution is -0.112. The summed E-state index contributed by atoms with van der Waals surface area (Å²) in [6, 6.07) is 6.35. The van der Waals surface area contributed by atoms with Gasteiger partial charge in [-0.3, -0.25) is 4.79 Å². The van der Waals surface area contributed by atoms with E-state index in [1.807, 2.05) is 0 Å². The summed E-state index contributed by atoms with van der Waals surface area (Å²) in [5.41, 5.74) is 0.771. The highest BCUT2D eigenvalue weighted by Crippen LogP contribution is 2.40. The fourth-order valence-electron chi connectivity index (χ4n) is 1.93. The fraction of sp³-hybridized carbons (Fsp3) is 0.364. The van der Waals surface area contributed by atoms with Crippen LogP contribution in [0.3, 0.4) is 0 Å². The second-order valence-electron chi connectivity index (χ2n) is 3.70. The van der Waals surface area contributed by atoms with E-state index in [-0.39, 0.29) is 11.4 Å². The number of amides is 1. The van der Waals surface area contributed by atoms with Crippen molar-refractivity contribution in [3.8, 4) is 0 Å². The average molecular weight is 193 g/mol. The second kappa shape index (κ2) is 3.40. The van der Waals surface area contributed by atoms with Gasteiger partial charge in [-0.2, -0.15) is 0 Å². The first kappa shape index (κ1) is 9.19. The molecule has 0 radical (unpaired) electrons. The molecule has 1 aliphatic rings. The Kier molecular flexibility index (Phi) is 2.23. The largest absolute Gasteiger partial charge is 0.349 e. The van der Waals surface area contributed by atoms with Crippen molar-refractivity contribution in [2.45, 2.75) is 24.8 Å². The molecule has 2 nitrogen and oxygen atoms in total. The molecule has 2 rings (SSSR count). The number of carbonyl (C=O) groups excluding carboxylic acids is 1. The summed E-state index contributed by atoms with van der Waals surface area (Å²) in [5.74, 6) is -0.241. The molecule has 0 bridgehead atoms. The molecule has 0 unspecified atom stereocenters. The van der Waals surface area contributed by atoms with E-state index >= 15 is 0 Å². The van der Waals surface area contributed by atoms with Crippen LogP contribution in [0.2, 0.25) is 0 Å². The van der Waals surface area contributed by atoms with E-state index in [1.54, 1.807) is 12.1 Å². The van der Waals surface area contributed by atoms with Crippen LogP contribution in [-0.2, 0) is 10.3 Å². The molecule has 1 N–H and O–H groups in total. The van der Waals surface area contributed by atoms with Gasteiger partial charge in [0.25, 0.3) is 0 Å². The minimum atomic E-state index is -0.241. The summed E-state index contributed by atoms with van der Waals surface area (Å²) in [6.07, 6.45) is 3.72. The van der Waals surface area contributed by atoms with E-state index in [1.165, 1.54) is 12.1 Å². The van der Waals surface area contributed by atoms with Gasteiger partial charge in [0.05, 0.1) is 5.54 Å². The lowest BCUT2D eigenvalue weighted by atomic mass is 9.72. The highest BCUT2D eigenvalue weighted by atomic mass is 19.1. The third-order valence-corrected chi connectivity index (χ3v) is 2.94. The maximum Gasteiger partial charge on any atom is 0.207 e. The van der Waals surface area contributed by atoms with Gasteiger partial charge in [-0.1, -0.05) is 12.1 Å². The Balaban J connectivity index is 2.27. The number of rotatable bonds is 3. The minimum absolute atomic E-state index is 0.227. The topological polar surface area (TPSA) is 29.1 Å². The van der Waals surface area contributed by atoms with E-state index in [0.29, 0.717) is 0 Å². The highest BCUT2D eigenvalue weighted by molar-refractivity contribution is 5.50. The van der Waals surface area contributed by atoms with Gasteiger partial charge >= 0.3 is 0 Å². The molecule has 14 heavy (non-hydrogen) atoms. The molecule has 74 valence electrons. The van der Waals surface area contributed by atoms with Gasteiger partial charge in [-0.05, 0) is 37.0 Å². The molecule has 1 aromatic carbocycles. The molecule has 0 spiro atoms. The van der Waals surface area contributed by atoms with E-state index in [9.17, 15) is 9.18 Å². The van der Waals surface area contributed by atoms with Crippen LogP contribution in [0.5, 0.6) is 0 Å². The van der Waals surface area contributed by atoms with Crippen LogP contribution in [0.4, 0.5) is 4.39 Å². The molecule has 0 heterocycles. The molecule has 1 amide bonds. The predicted octanol–water partition coefficient (Wildman–Crippen LogP) is 1.95. The quantitative estimate of drug-likeness (QED) is 0.730. The lowest BCUT2D eigenvalue weighted by Gasteiger charge is -2.41. The molecule has 1 fully saturated rings. The van der Waals surface area contributed by atoms with Gasteiger partial charge in [0, 0.05) is 0 Å². The monoisotopic (exact) mass is 193 g/mol. The molecule has 0 aromatic heterocycles. The summed E-state index contributed by atoms with van der Waals surface area (Å²) in [5, 5.41) is 2.83. The first-order chi connectivity index (χ1) is 6.77. The van der Waals surface area contributed by atoms with Gasteiger partial charge in [0.1, 0.15) is 5.82 Å². The molecular formula is C11H12FNO. The average Bonchev–Trinajstić information content (AvgIpc) is 2.13. The van der Waals surface area contributed by atoms with Crippen molar-refractivity contribution in [2.24, 2.45) is 0 Å². The highest BCUT2D eigenvalue weighted by Gasteiger charge is 2.37. The molecule has 0 aliphatic heterocycles.